The van der Waals surface area contributed by atoms with Crippen LogP contribution >= 0.6 is 11.8 Å². The SMILES string of the molecule is CCSC[C@H]1C(=O)[C@]23C(O)C1CC[C@H]2[C@@]12COC3(O)[C@@H](O)[C@@H]1C(C)(C)CC[C@@H]2O. The van der Waals surface area contributed by atoms with Gasteiger partial charge >= 0.3 is 0 Å². The van der Waals surface area contributed by atoms with Crippen molar-refractivity contribution in [3.05, 3.63) is 0 Å². The maximum atomic E-state index is 13.9. The molecular formula is C22H34O6S. The van der Waals surface area contributed by atoms with E-state index in [1.165, 1.54) is 0 Å². The molecule has 0 aromatic carbocycles. The zero-order valence-corrected chi connectivity index (χ0v) is 18.3. The van der Waals surface area contributed by atoms with Gasteiger partial charge in [0.05, 0.1) is 18.8 Å². The second-order valence-electron chi connectivity index (χ2n) is 10.8. The van der Waals surface area contributed by atoms with E-state index in [9.17, 15) is 25.2 Å². The molecule has 4 bridgehead atoms. The molecule has 2 aliphatic heterocycles. The highest BCUT2D eigenvalue weighted by Gasteiger charge is 2.87. The van der Waals surface area contributed by atoms with Gasteiger partial charge < -0.3 is 25.2 Å². The van der Waals surface area contributed by atoms with Gasteiger partial charge in [0, 0.05) is 23.0 Å². The molecule has 4 saturated carbocycles. The van der Waals surface area contributed by atoms with Crippen LogP contribution < -0.4 is 0 Å². The van der Waals surface area contributed by atoms with E-state index in [2.05, 4.69) is 13.8 Å². The minimum atomic E-state index is -2.10. The summed E-state index contributed by atoms with van der Waals surface area (Å²) in [6, 6.07) is 0. The number of ether oxygens (including phenoxy) is 1. The first kappa shape index (κ1) is 20.7. The Hall–Kier alpha value is -0.180. The second kappa shape index (κ2) is 6.20. The Morgan fingerprint density at radius 3 is 2.55 bits per heavy atom. The van der Waals surface area contributed by atoms with Crippen LogP contribution in [0.4, 0.5) is 0 Å². The summed E-state index contributed by atoms with van der Waals surface area (Å²) in [6.07, 6.45) is -0.387. The van der Waals surface area contributed by atoms with Gasteiger partial charge in [-0.1, -0.05) is 20.8 Å². The summed E-state index contributed by atoms with van der Waals surface area (Å²) in [5.74, 6) is -2.09. The van der Waals surface area contributed by atoms with E-state index < -0.39 is 34.9 Å². The maximum absolute atomic E-state index is 13.9. The van der Waals surface area contributed by atoms with Crippen LogP contribution in [-0.2, 0) is 9.53 Å². The van der Waals surface area contributed by atoms with Gasteiger partial charge in [0.15, 0.2) is 5.78 Å². The largest absolute Gasteiger partial charge is 0.392 e. The summed E-state index contributed by atoms with van der Waals surface area (Å²) in [5, 5.41) is 46.1. The Morgan fingerprint density at radius 1 is 1.14 bits per heavy atom. The molecule has 2 heterocycles. The monoisotopic (exact) mass is 426 g/mol. The molecule has 0 radical (unpaired) electrons. The number of carbonyl (C=O) groups is 1. The quantitative estimate of drug-likeness (QED) is 0.537. The molecule has 7 heteroatoms. The number of aliphatic hydroxyl groups excluding tert-OH is 3. The highest BCUT2D eigenvalue weighted by atomic mass is 32.2. The van der Waals surface area contributed by atoms with Crippen molar-refractivity contribution in [2.24, 2.45) is 39.9 Å². The summed E-state index contributed by atoms with van der Waals surface area (Å²) >= 11 is 1.67. The first-order valence-corrected chi connectivity index (χ1v) is 12.3. The lowest BCUT2D eigenvalue weighted by Gasteiger charge is -2.74. The van der Waals surface area contributed by atoms with Gasteiger partial charge in [0.1, 0.15) is 11.5 Å². The van der Waals surface area contributed by atoms with Crippen LogP contribution in [0.1, 0.15) is 46.5 Å². The molecule has 6 rings (SSSR count). The Bertz CT molecular complexity index is 728. The molecule has 2 spiro atoms. The summed E-state index contributed by atoms with van der Waals surface area (Å²) in [6.45, 7) is 6.32. The van der Waals surface area contributed by atoms with E-state index in [1.54, 1.807) is 11.8 Å². The molecule has 0 aromatic rings. The molecule has 2 saturated heterocycles. The lowest BCUT2D eigenvalue weighted by atomic mass is 9.35. The average Bonchev–Trinajstić information content (AvgIpc) is 2.78. The molecule has 6 aliphatic rings. The van der Waals surface area contributed by atoms with Crippen LogP contribution in [0.3, 0.4) is 0 Å². The number of carbonyl (C=O) groups excluding carboxylic acids is 1. The van der Waals surface area contributed by atoms with Crippen LogP contribution in [0.2, 0.25) is 0 Å². The molecule has 0 amide bonds. The van der Waals surface area contributed by atoms with Crippen LogP contribution in [0.15, 0.2) is 0 Å². The third-order valence-corrected chi connectivity index (χ3v) is 10.6. The number of aliphatic hydroxyl groups is 4. The summed E-state index contributed by atoms with van der Waals surface area (Å²) in [4.78, 5) is 13.9. The molecule has 29 heavy (non-hydrogen) atoms. The molecule has 6 nitrogen and oxygen atoms in total. The van der Waals surface area contributed by atoms with Crippen LogP contribution in [0.25, 0.3) is 0 Å². The Labute approximate surface area is 176 Å². The van der Waals surface area contributed by atoms with E-state index in [0.29, 0.717) is 25.0 Å². The predicted molar refractivity (Wildman–Crippen MR) is 108 cm³/mol. The van der Waals surface area contributed by atoms with Crippen molar-refractivity contribution in [3.63, 3.8) is 0 Å². The number of Topliss-reactive ketones (excluding diaryl/α,β-unsaturated/α-hetero) is 1. The van der Waals surface area contributed by atoms with Crippen molar-refractivity contribution in [2.45, 2.75) is 70.6 Å². The van der Waals surface area contributed by atoms with Gasteiger partial charge in [-0.05, 0) is 48.7 Å². The highest BCUT2D eigenvalue weighted by Crippen LogP contribution is 2.76. The number of fused-ring (bicyclic) bond motifs is 2. The first-order valence-electron chi connectivity index (χ1n) is 11.1. The summed E-state index contributed by atoms with van der Waals surface area (Å²) < 4.78 is 5.94. The van der Waals surface area contributed by atoms with E-state index in [0.717, 1.165) is 12.2 Å². The second-order valence-corrected chi connectivity index (χ2v) is 12.1. The fourth-order valence-electron chi connectivity index (χ4n) is 8.54. The summed E-state index contributed by atoms with van der Waals surface area (Å²) in [5.41, 5.74) is -2.67. The van der Waals surface area contributed by atoms with Crippen LogP contribution in [-0.4, -0.2) is 68.4 Å². The molecule has 6 fully saturated rings. The van der Waals surface area contributed by atoms with Gasteiger partial charge in [-0.25, -0.2) is 0 Å². The number of hydrogen-bond donors (Lipinski definition) is 4. The topological polar surface area (TPSA) is 107 Å². The number of thioether (sulfide) groups is 1. The Kier molecular flexibility index (Phi) is 4.43. The van der Waals surface area contributed by atoms with Crippen molar-refractivity contribution in [2.75, 3.05) is 18.1 Å². The van der Waals surface area contributed by atoms with Crippen molar-refractivity contribution in [1.29, 1.82) is 0 Å². The van der Waals surface area contributed by atoms with Gasteiger partial charge in [-0.15, -0.1) is 0 Å². The van der Waals surface area contributed by atoms with E-state index in [1.807, 2.05) is 6.92 Å². The van der Waals surface area contributed by atoms with Gasteiger partial charge in [0.25, 0.3) is 0 Å². The molecule has 4 N–H and O–H groups in total. The maximum Gasteiger partial charge on any atom is 0.208 e. The molecule has 4 aliphatic carbocycles. The standard InChI is InChI=1S/C22H34O6S/c1-4-29-9-12-11-5-6-13-20-10-28-22(27,21(13,16(11)24)17(12)25)18(26)15(20)19(2,3)8-7-14(20)23/h11-16,18,23-24,26-27H,4-10H2,1-3H3/t11?,12-,13+,14+,15-,16?,18+,20-,21-,22?/m1/s1. The molecular weight excluding hydrogens is 392 g/mol. The zero-order chi connectivity index (χ0) is 21.0. The number of ketones is 1. The minimum Gasteiger partial charge on any atom is -0.392 e. The van der Waals surface area contributed by atoms with Crippen LogP contribution in [0, 0.1) is 39.9 Å². The molecule has 10 atom stereocenters. The van der Waals surface area contributed by atoms with E-state index >= 15 is 0 Å². The predicted octanol–water partition coefficient (Wildman–Crippen LogP) is 1.19. The molecule has 3 unspecified atom stereocenters. The molecule has 164 valence electrons. The van der Waals surface area contributed by atoms with E-state index in [4.69, 9.17) is 4.74 Å². The van der Waals surface area contributed by atoms with Crippen molar-refractivity contribution in [3.8, 4) is 0 Å². The minimum absolute atomic E-state index is 0.126. The summed E-state index contributed by atoms with van der Waals surface area (Å²) in [7, 11) is 0. The fourth-order valence-corrected chi connectivity index (χ4v) is 9.43. The van der Waals surface area contributed by atoms with Gasteiger partial charge in [-0.3, -0.25) is 4.79 Å². The number of rotatable bonds is 3. The smallest absolute Gasteiger partial charge is 0.208 e. The Morgan fingerprint density at radius 2 is 1.86 bits per heavy atom. The highest BCUT2D eigenvalue weighted by molar-refractivity contribution is 7.99. The zero-order valence-electron chi connectivity index (χ0n) is 17.5. The third kappa shape index (κ3) is 2.06. The van der Waals surface area contributed by atoms with Crippen molar-refractivity contribution >= 4 is 17.5 Å². The van der Waals surface area contributed by atoms with Crippen molar-refractivity contribution in [1.82, 2.24) is 0 Å². The van der Waals surface area contributed by atoms with Gasteiger partial charge in [-0.2, -0.15) is 11.8 Å². The van der Waals surface area contributed by atoms with E-state index in [-0.39, 0.29) is 41.5 Å². The van der Waals surface area contributed by atoms with Crippen LogP contribution in [0.5, 0.6) is 0 Å². The normalized spacial score (nSPS) is 57.5. The number of hydrogen-bond acceptors (Lipinski definition) is 7. The Balaban J connectivity index is 1.71. The molecule has 0 aromatic heterocycles. The third-order valence-electron chi connectivity index (χ3n) is 9.58. The fraction of sp³-hybridized carbons (Fsp3) is 0.955. The lowest BCUT2D eigenvalue weighted by Crippen LogP contribution is -2.85. The lowest BCUT2D eigenvalue weighted by molar-refractivity contribution is -0.458. The average molecular weight is 427 g/mol. The first-order chi connectivity index (χ1) is 13.6. The van der Waals surface area contributed by atoms with Gasteiger partial charge in [0.2, 0.25) is 5.79 Å². The van der Waals surface area contributed by atoms with Crippen molar-refractivity contribution < 1.29 is 30.0 Å².